The normalized spacial score (nSPS) is 11.4. The first-order valence-electron chi connectivity index (χ1n) is 5.61. The number of hydrogen-bond acceptors (Lipinski definition) is 4. The van der Waals surface area contributed by atoms with Crippen LogP contribution < -0.4 is 10.5 Å². The zero-order valence-corrected chi connectivity index (χ0v) is 12.3. The van der Waals surface area contributed by atoms with Gasteiger partial charge in [0.05, 0.1) is 5.69 Å². The number of nitrogens with one attached hydrogen (secondary N) is 1. The molecule has 3 N–H and O–H groups in total. The maximum atomic E-state index is 13.7. The zero-order valence-electron chi connectivity index (χ0n) is 10.7. The van der Waals surface area contributed by atoms with E-state index in [4.69, 9.17) is 17.3 Å². The Labute approximate surface area is 124 Å². The zero-order chi connectivity index (χ0) is 15.8. The van der Waals surface area contributed by atoms with Crippen LogP contribution in [-0.2, 0) is 10.0 Å². The molecule has 0 amide bonds. The molecule has 1 aromatic heterocycles. The number of aromatic nitrogens is 1. The molecule has 0 saturated carbocycles. The van der Waals surface area contributed by atoms with Gasteiger partial charge in [0.25, 0.3) is 10.0 Å². The van der Waals surface area contributed by atoms with Crippen molar-refractivity contribution < 1.29 is 17.2 Å². The van der Waals surface area contributed by atoms with Crippen molar-refractivity contribution in [3.05, 3.63) is 46.7 Å². The lowest BCUT2D eigenvalue weighted by Gasteiger charge is -2.12. The molecule has 0 saturated heterocycles. The van der Waals surface area contributed by atoms with Gasteiger partial charge in [0.1, 0.15) is 11.6 Å². The molecule has 0 atom stereocenters. The summed E-state index contributed by atoms with van der Waals surface area (Å²) < 4.78 is 53.8. The molecule has 0 radical (unpaired) electrons. The van der Waals surface area contributed by atoms with Crippen molar-refractivity contribution in [2.75, 3.05) is 10.5 Å². The smallest absolute Gasteiger partial charge is 0.267 e. The van der Waals surface area contributed by atoms with E-state index in [2.05, 4.69) is 4.98 Å². The fourth-order valence-electron chi connectivity index (χ4n) is 1.67. The molecule has 2 rings (SSSR count). The van der Waals surface area contributed by atoms with Crippen molar-refractivity contribution in [1.29, 1.82) is 0 Å². The van der Waals surface area contributed by atoms with E-state index in [1.807, 2.05) is 4.72 Å². The van der Waals surface area contributed by atoms with E-state index in [9.17, 15) is 17.2 Å². The van der Waals surface area contributed by atoms with E-state index >= 15 is 0 Å². The van der Waals surface area contributed by atoms with Gasteiger partial charge in [-0.3, -0.25) is 4.72 Å². The number of nitrogens with two attached hydrogens (primary N) is 1. The molecule has 0 spiro atoms. The Morgan fingerprint density at radius 1 is 1.29 bits per heavy atom. The molecule has 9 heteroatoms. The lowest BCUT2D eigenvalue weighted by atomic mass is 10.3. The summed E-state index contributed by atoms with van der Waals surface area (Å²) in [6.07, 6.45) is 1.37. The first kappa shape index (κ1) is 15.5. The fourth-order valence-corrected chi connectivity index (χ4v) is 3.24. The third-order valence-corrected chi connectivity index (χ3v) is 4.33. The molecule has 112 valence electrons. The summed E-state index contributed by atoms with van der Waals surface area (Å²) >= 11 is 5.78. The molecule has 1 aromatic carbocycles. The van der Waals surface area contributed by atoms with Crippen molar-refractivity contribution in [3.8, 4) is 0 Å². The highest BCUT2D eigenvalue weighted by atomic mass is 35.5. The van der Waals surface area contributed by atoms with Crippen molar-refractivity contribution in [1.82, 2.24) is 4.98 Å². The molecule has 0 bridgehead atoms. The monoisotopic (exact) mass is 333 g/mol. The predicted molar refractivity (Wildman–Crippen MR) is 75.6 cm³/mol. The van der Waals surface area contributed by atoms with Gasteiger partial charge in [0.15, 0.2) is 10.0 Å². The molecule has 0 aliphatic rings. The Kier molecular flexibility index (Phi) is 4.02. The largest absolute Gasteiger partial charge is 0.399 e. The molecule has 21 heavy (non-hydrogen) atoms. The molecule has 0 unspecified atom stereocenters. The van der Waals surface area contributed by atoms with Gasteiger partial charge in [-0.25, -0.2) is 22.2 Å². The van der Waals surface area contributed by atoms with Crippen molar-refractivity contribution in [3.63, 3.8) is 0 Å². The highest BCUT2D eigenvalue weighted by Crippen LogP contribution is 2.28. The number of nitrogen functional groups attached to an aromatic ring is 1. The minimum atomic E-state index is -4.52. The van der Waals surface area contributed by atoms with Crippen LogP contribution in [0.15, 0.2) is 29.3 Å². The molecule has 0 aliphatic carbocycles. The number of halogens is 3. The van der Waals surface area contributed by atoms with Crippen LogP contribution in [0.2, 0.25) is 5.15 Å². The summed E-state index contributed by atoms with van der Waals surface area (Å²) in [5, 5.41) is -0.130. The van der Waals surface area contributed by atoms with E-state index < -0.39 is 26.6 Å². The van der Waals surface area contributed by atoms with Crippen LogP contribution in [0, 0.1) is 18.6 Å². The molecule has 5 nitrogen and oxygen atoms in total. The maximum absolute atomic E-state index is 13.7. The highest BCUT2D eigenvalue weighted by Gasteiger charge is 2.26. The van der Waals surface area contributed by atoms with Gasteiger partial charge in [-0.2, -0.15) is 0 Å². The third-order valence-electron chi connectivity index (χ3n) is 2.64. The summed E-state index contributed by atoms with van der Waals surface area (Å²) in [6, 6.07) is 2.93. The Hall–Kier alpha value is -1.93. The van der Waals surface area contributed by atoms with Gasteiger partial charge in [0.2, 0.25) is 0 Å². The molecular formula is C12H10ClF2N3O2S. The summed E-state index contributed by atoms with van der Waals surface area (Å²) in [4.78, 5) is 2.58. The first-order chi connectivity index (χ1) is 9.72. The third kappa shape index (κ3) is 3.06. The van der Waals surface area contributed by atoms with E-state index in [0.717, 1.165) is 12.1 Å². The van der Waals surface area contributed by atoms with Gasteiger partial charge >= 0.3 is 0 Å². The Bertz CT molecular complexity index is 769. The predicted octanol–water partition coefficient (Wildman–Crippen LogP) is 2.70. The number of hydrogen-bond donors (Lipinski definition) is 2. The quantitative estimate of drug-likeness (QED) is 0.668. The summed E-state index contributed by atoms with van der Waals surface area (Å²) in [7, 11) is -4.52. The molecular weight excluding hydrogens is 324 g/mol. The van der Waals surface area contributed by atoms with E-state index in [-0.39, 0.29) is 16.5 Å². The van der Waals surface area contributed by atoms with Crippen molar-refractivity contribution in [2.24, 2.45) is 0 Å². The number of aryl methyl sites for hydroxylation is 1. The average molecular weight is 334 g/mol. The van der Waals surface area contributed by atoms with Gasteiger partial charge < -0.3 is 5.73 Å². The van der Waals surface area contributed by atoms with Gasteiger partial charge in [-0.05, 0) is 30.7 Å². The van der Waals surface area contributed by atoms with Gasteiger partial charge in [-0.1, -0.05) is 11.6 Å². The lowest BCUT2D eigenvalue weighted by molar-refractivity contribution is 0.522. The topological polar surface area (TPSA) is 85.1 Å². The van der Waals surface area contributed by atoms with Crippen LogP contribution in [0.1, 0.15) is 5.56 Å². The lowest BCUT2D eigenvalue weighted by Crippen LogP contribution is -2.18. The van der Waals surface area contributed by atoms with Gasteiger partial charge in [0, 0.05) is 11.9 Å². The molecule has 0 aliphatic heterocycles. The summed E-state index contributed by atoms with van der Waals surface area (Å²) in [5.74, 6) is -2.59. The number of pyridine rings is 1. The van der Waals surface area contributed by atoms with Crippen LogP contribution in [0.4, 0.5) is 20.2 Å². The number of sulfonamides is 1. The van der Waals surface area contributed by atoms with E-state index in [1.165, 1.54) is 12.3 Å². The van der Waals surface area contributed by atoms with E-state index in [0.29, 0.717) is 5.56 Å². The van der Waals surface area contributed by atoms with Crippen molar-refractivity contribution in [2.45, 2.75) is 11.8 Å². The van der Waals surface area contributed by atoms with Crippen LogP contribution in [0.5, 0.6) is 0 Å². The summed E-state index contributed by atoms with van der Waals surface area (Å²) in [5.41, 5.74) is 5.43. The number of rotatable bonds is 3. The minimum absolute atomic E-state index is 0.0465. The average Bonchev–Trinajstić information content (AvgIpc) is 2.32. The Balaban J connectivity index is 2.54. The standard InChI is InChI=1S/C12H10ClF2N3O2S/c1-6-2-3-17-12(13)10(6)18-21(19,20)11-8(14)4-7(16)5-9(11)15/h2-5,18H,16H2,1H3. The number of nitrogens with zero attached hydrogens (tertiary/aromatic N) is 1. The van der Waals surface area contributed by atoms with E-state index in [1.54, 1.807) is 6.92 Å². The number of benzene rings is 1. The molecule has 2 aromatic rings. The van der Waals surface area contributed by atoms with Crippen LogP contribution in [-0.4, -0.2) is 13.4 Å². The highest BCUT2D eigenvalue weighted by molar-refractivity contribution is 7.92. The van der Waals surface area contributed by atoms with Crippen molar-refractivity contribution >= 4 is 33.0 Å². The Morgan fingerprint density at radius 2 is 1.86 bits per heavy atom. The summed E-state index contributed by atoms with van der Waals surface area (Å²) in [6.45, 7) is 1.57. The van der Waals surface area contributed by atoms with Gasteiger partial charge in [-0.15, -0.1) is 0 Å². The first-order valence-corrected chi connectivity index (χ1v) is 7.47. The number of anilines is 2. The second kappa shape index (κ2) is 5.45. The molecule has 0 fully saturated rings. The fraction of sp³-hybridized carbons (Fsp3) is 0.0833. The second-order valence-electron chi connectivity index (χ2n) is 4.21. The maximum Gasteiger partial charge on any atom is 0.267 e. The van der Waals surface area contributed by atoms with Crippen LogP contribution >= 0.6 is 11.6 Å². The second-order valence-corrected chi connectivity index (χ2v) is 6.19. The van der Waals surface area contributed by atoms with Crippen LogP contribution in [0.25, 0.3) is 0 Å². The minimum Gasteiger partial charge on any atom is -0.399 e. The SMILES string of the molecule is Cc1ccnc(Cl)c1NS(=O)(=O)c1c(F)cc(N)cc1F. The Morgan fingerprint density at radius 3 is 2.38 bits per heavy atom. The molecule has 1 heterocycles. The van der Waals surface area contributed by atoms with Crippen LogP contribution in [0.3, 0.4) is 0 Å².